The highest BCUT2D eigenvalue weighted by Gasteiger charge is 2.74. The average molecular weight is 283 g/mol. The van der Waals surface area contributed by atoms with Crippen LogP contribution in [0.3, 0.4) is 0 Å². The predicted octanol–water partition coefficient (Wildman–Crippen LogP) is 2.61. The molecule has 2 saturated carbocycles. The molecule has 1 N–H and O–H groups in total. The Bertz CT molecular complexity index is 611. The molecule has 1 saturated heterocycles. The summed E-state index contributed by atoms with van der Waals surface area (Å²) in [6.45, 7) is 1.66. The Kier molecular flexibility index (Phi) is 2.26. The maximum Gasteiger partial charge on any atom is 0.227 e. The molecule has 3 fully saturated rings. The lowest BCUT2D eigenvalue weighted by Gasteiger charge is -2.39. The van der Waals surface area contributed by atoms with Crippen LogP contribution in [0.1, 0.15) is 42.9 Å². The third kappa shape index (κ3) is 1.61. The maximum atomic E-state index is 12.6. The second kappa shape index (κ2) is 3.89. The van der Waals surface area contributed by atoms with Crippen molar-refractivity contribution in [2.75, 3.05) is 13.2 Å². The van der Waals surface area contributed by atoms with E-state index in [-0.39, 0.29) is 16.9 Å². The Morgan fingerprint density at radius 3 is 2.62 bits per heavy atom. The zero-order chi connectivity index (χ0) is 14.1. The van der Waals surface area contributed by atoms with E-state index in [9.17, 15) is 4.79 Å². The fourth-order valence-electron chi connectivity index (χ4n) is 4.61. The molecule has 5 rings (SSSR count). The predicted molar refractivity (Wildman–Crippen MR) is 78.7 cm³/mol. The molecule has 4 aliphatic rings. The van der Waals surface area contributed by atoms with E-state index < -0.39 is 0 Å². The summed E-state index contributed by atoms with van der Waals surface area (Å²) in [5.74, 6) is 1.03. The molecular formula is C18H21NO2. The summed E-state index contributed by atoms with van der Waals surface area (Å²) >= 11 is 0. The van der Waals surface area contributed by atoms with Crippen molar-refractivity contribution < 1.29 is 9.53 Å². The van der Waals surface area contributed by atoms with Crippen LogP contribution in [0.25, 0.3) is 0 Å². The molecule has 3 heteroatoms. The molecule has 3 nitrogen and oxygen atoms in total. The number of ether oxygens (including phenoxy) is 1. The van der Waals surface area contributed by atoms with Crippen molar-refractivity contribution in [3.8, 4) is 0 Å². The fourth-order valence-corrected chi connectivity index (χ4v) is 4.61. The highest BCUT2D eigenvalue weighted by Crippen LogP contribution is 2.75. The van der Waals surface area contributed by atoms with E-state index in [1.165, 1.54) is 11.1 Å². The van der Waals surface area contributed by atoms with Gasteiger partial charge < -0.3 is 10.1 Å². The summed E-state index contributed by atoms with van der Waals surface area (Å²) in [6.07, 6.45) is 5.46. The zero-order valence-corrected chi connectivity index (χ0v) is 12.2. The summed E-state index contributed by atoms with van der Waals surface area (Å²) in [7, 11) is 0. The summed E-state index contributed by atoms with van der Waals surface area (Å²) in [5, 5.41) is 3.45. The molecule has 21 heavy (non-hydrogen) atoms. The molecule has 1 amide bonds. The van der Waals surface area contributed by atoms with Crippen LogP contribution < -0.4 is 5.32 Å². The van der Waals surface area contributed by atoms with Crippen LogP contribution in [0.5, 0.6) is 0 Å². The topological polar surface area (TPSA) is 38.3 Å². The van der Waals surface area contributed by atoms with Gasteiger partial charge in [-0.25, -0.2) is 0 Å². The van der Waals surface area contributed by atoms with Gasteiger partial charge in [0, 0.05) is 18.6 Å². The maximum absolute atomic E-state index is 12.6. The third-order valence-electron chi connectivity index (χ3n) is 6.42. The quantitative estimate of drug-likeness (QED) is 0.906. The molecule has 1 unspecified atom stereocenters. The van der Waals surface area contributed by atoms with Crippen molar-refractivity contribution in [2.45, 2.75) is 38.1 Å². The molecule has 110 valence electrons. The largest absolute Gasteiger partial charge is 0.381 e. The number of carbonyl (C=O) groups excluding carboxylic acids is 1. The number of amides is 1. The van der Waals surface area contributed by atoms with Crippen LogP contribution in [-0.2, 0) is 16.0 Å². The van der Waals surface area contributed by atoms with Crippen molar-refractivity contribution in [3.05, 3.63) is 35.4 Å². The molecule has 1 aromatic rings. The molecule has 1 spiro atoms. The summed E-state index contributed by atoms with van der Waals surface area (Å²) in [6, 6.07) is 8.85. The van der Waals surface area contributed by atoms with Crippen molar-refractivity contribution >= 4 is 5.91 Å². The van der Waals surface area contributed by atoms with Gasteiger partial charge in [-0.2, -0.15) is 0 Å². The number of carbonyl (C=O) groups is 1. The van der Waals surface area contributed by atoms with E-state index in [1.807, 2.05) is 0 Å². The second-order valence-electron chi connectivity index (χ2n) is 7.52. The standard InChI is InChI=1S/C18H21NO2/c20-16(18-10-13(18)11-18)19-15-14-4-2-1-3-12(14)9-17(15)5-7-21-8-6-17/h1-4,13,15H,5-11H2,(H,19,20). The van der Waals surface area contributed by atoms with Gasteiger partial charge in [-0.3, -0.25) is 4.79 Å². The molecule has 0 bridgehead atoms. The van der Waals surface area contributed by atoms with Crippen molar-refractivity contribution in [3.63, 3.8) is 0 Å². The molecule has 1 aromatic carbocycles. The Morgan fingerprint density at radius 2 is 1.90 bits per heavy atom. The lowest BCUT2D eigenvalue weighted by Crippen LogP contribution is -2.43. The van der Waals surface area contributed by atoms with Gasteiger partial charge in [-0.1, -0.05) is 24.3 Å². The smallest absolute Gasteiger partial charge is 0.227 e. The number of rotatable bonds is 2. The van der Waals surface area contributed by atoms with Gasteiger partial charge in [0.05, 0.1) is 11.5 Å². The Balaban J connectivity index is 1.49. The number of fused-ring (bicyclic) bond motifs is 2. The normalized spacial score (nSPS) is 37.7. The molecule has 3 aliphatic carbocycles. The highest BCUT2D eigenvalue weighted by atomic mass is 16.5. The Morgan fingerprint density at radius 1 is 1.19 bits per heavy atom. The fraction of sp³-hybridized carbons (Fsp3) is 0.611. The number of hydrogen-bond acceptors (Lipinski definition) is 2. The van der Waals surface area contributed by atoms with Crippen molar-refractivity contribution in [2.24, 2.45) is 16.7 Å². The van der Waals surface area contributed by atoms with E-state index >= 15 is 0 Å². The first-order valence-electron chi connectivity index (χ1n) is 8.20. The SMILES string of the molecule is O=C(NC1c2ccccc2CC12CCOCC2)C12CC1C2. The van der Waals surface area contributed by atoms with Crippen LogP contribution in [-0.4, -0.2) is 19.1 Å². The van der Waals surface area contributed by atoms with E-state index in [4.69, 9.17) is 4.74 Å². The summed E-state index contributed by atoms with van der Waals surface area (Å²) in [4.78, 5) is 12.6. The summed E-state index contributed by atoms with van der Waals surface area (Å²) in [5.41, 5.74) is 3.02. The molecule has 0 radical (unpaired) electrons. The van der Waals surface area contributed by atoms with E-state index in [1.54, 1.807) is 0 Å². The first-order valence-corrected chi connectivity index (χ1v) is 8.20. The van der Waals surface area contributed by atoms with Crippen molar-refractivity contribution in [1.82, 2.24) is 5.32 Å². The minimum atomic E-state index is 0.0594. The number of nitrogens with one attached hydrogen (secondary N) is 1. The van der Waals surface area contributed by atoms with Crippen LogP contribution in [0.2, 0.25) is 0 Å². The van der Waals surface area contributed by atoms with Gasteiger partial charge >= 0.3 is 0 Å². The minimum absolute atomic E-state index is 0.0594. The lowest BCUT2D eigenvalue weighted by atomic mass is 9.74. The molecule has 1 atom stereocenters. The van der Waals surface area contributed by atoms with Gasteiger partial charge in [-0.05, 0) is 49.1 Å². The van der Waals surface area contributed by atoms with E-state index in [0.717, 1.165) is 45.3 Å². The first kappa shape index (κ1) is 12.2. The van der Waals surface area contributed by atoms with Gasteiger partial charge in [0.1, 0.15) is 0 Å². The second-order valence-corrected chi connectivity index (χ2v) is 7.52. The average Bonchev–Trinajstić information content (AvgIpc) is 3.34. The van der Waals surface area contributed by atoms with E-state index in [2.05, 4.69) is 29.6 Å². The first-order chi connectivity index (χ1) is 10.2. The van der Waals surface area contributed by atoms with Crippen LogP contribution in [0.4, 0.5) is 0 Å². The van der Waals surface area contributed by atoms with Crippen molar-refractivity contribution in [1.29, 1.82) is 0 Å². The van der Waals surface area contributed by atoms with E-state index in [0.29, 0.717) is 11.8 Å². The van der Waals surface area contributed by atoms with Gasteiger partial charge in [-0.15, -0.1) is 0 Å². The molecular weight excluding hydrogens is 262 g/mol. The Labute approximate surface area is 125 Å². The van der Waals surface area contributed by atoms with Gasteiger partial charge in [0.15, 0.2) is 0 Å². The number of benzene rings is 1. The minimum Gasteiger partial charge on any atom is -0.381 e. The zero-order valence-electron chi connectivity index (χ0n) is 12.2. The van der Waals surface area contributed by atoms with Crippen LogP contribution >= 0.6 is 0 Å². The highest BCUT2D eigenvalue weighted by molar-refractivity contribution is 5.90. The molecule has 1 heterocycles. The number of hydrogen-bond donors (Lipinski definition) is 1. The molecule has 0 aromatic heterocycles. The molecule has 1 aliphatic heterocycles. The Hall–Kier alpha value is -1.35. The summed E-state index contributed by atoms with van der Waals surface area (Å²) < 4.78 is 5.58. The third-order valence-corrected chi connectivity index (χ3v) is 6.42. The monoisotopic (exact) mass is 283 g/mol. The van der Waals surface area contributed by atoms with Gasteiger partial charge in [0.2, 0.25) is 5.91 Å². The lowest BCUT2D eigenvalue weighted by molar-refractivity contribution is -0.126. The van der Waals surface area contributed by atoms with Gasteiger partial charge in [0.25, 0.3) is 0 Å². The van der Waals surface area contributed by atoms with Crippen LogP contribution in [0.15, 0.2) is 24.3 Å². The van der Waals surface area contributed by atoms with Crippen LogP contribution in [0, 0.1) is 16.7 Å².